The van der Waals surface area contributed by atoms with Gasteiger partial charge in [-0.2, -0.15) is 0 Å². The fraction of sp³-hybridized carbons (Fsp3) is 0.571. The molecule has 0 aromatic rings. The first-order valence-electron chi connectivity index (χ1n) is 2.98. The molecule has 7 heavy (non-hydrogen) atoms. The second-order valence-electron chi connectivity index (χ2n) is 2.44. The maximum atomic E-state index is 2.35. The molecule has 1 saturated carbocycles. The van der Waals surface area contributed by atoms with Crippen molar-refractivity contribution in [2.24, 2.45) is 5.92 Å². The van der Waals surface area contributed by atoms with E-state index < -0.39 is 0 Å². The maximum Gasteiger partial charge on any atom is -0.0135 e. The number of hydrogen-bond acceptors (Lipinski definition) is 0. The molecule has 37 valence electrons. The van der Waals surface area contributed by atoms with Crippen molar-refractivity contribution in [2.45, 2.75) is 19.3 Å². The minimum Gasteiger partial charge on any atom is -0.0876 e. The van der Waals surface area contributed by atoms with E-state index in [1.54, 1.807) is 5.92 Å². The van der Waals surface area contributed by atoms with Crippen molar-refractivity contribution in [3.05, 3.63) is 18.1 Å². The van der Waals surface area contributed by atoms with E-state index in [2.05, 4.69) is 12.2 Å². The number of rotatable bonds is 0. The number of fused-ring (bicyclic) bond motifs is 1. The fourth-order valence-corrected chi connectivity index (χ4v) is 1.38. The van der Waals surface area contributed by atoms with E-state index >= 15 is 0 Å². The van der Waals surface area contributed by atoms with Gasteiger partial charge in [-0.1, -0.05) is 12.2 Å². The predicted molar refractivity (Wildman–Crippen MR) is 29.7 cm³/mol. The summed E-state index contributed by atoms with van der Waals surface area (Å²) >= 11 is 0. The molecule has 0 aromatic carbocycles. The zero-order valence-corrected chi connectivity index (χ0v) is 4.35. The van der Waals surface area contributed by atoms with Crippen LogP contribution in [-0.2, 0) is 0 Å². The Morgan fingerprint density at radius 2 is 2.57 bits per heavy atom. The van der Waals surface area contributed by atoms with Gasteiger partial charge in [0.15, 0.2) is 0 Å². The first-order chi connectivity index (χ1) is 3.47. The van der Waals surface area contributed by atoms with Gasteiger partial charge in [0.1, 0.15) is 0 Å². The van der Waals surface area contributed by atoms with Crippen molar-refractivity contribution in [3.63, 3.8) is 0 Å². The first kappa shape index (κ1) is 3.71. The second kappa shape index (κ2) is 1.12. The predicted octanol–water partition coefficient (Wildman–Crippen LogP) is 1.93. The van der Waals surface area contributed by atoms with Gasteiger partial charge < -0.3 is 0 Å². The van der Waals surface area contributed by atoms with Crippen molar-refractivity contribution in [3.8, 4) is 0 Å². The quantitative estimate of drug-likeness (QED) is 0.401. The SMILES string of the molecule is C1=CC2CC[C]2C1. The highest BCUT2D eigenvalue weighted by molar-refractivity contribution is 5.22. The minimum absolute atomic E-state index is 0.931. The number of allylic oxidation sites excluding steroid dienone is 2. The molecule has 2 rings (SSSR count). The van der Waals surface area contributed by atoms with Crippen molar-refractivity contribution in [1.29, 1.82) is 0 Å². The third-order valence-electron chi connectivity index (χ3n) is 2.05. The molecule has 0 aliphatic heterocycles. The largest absolute Gasteiger partial charge is 0.0876 e. The Balaban J connectivity index is 2.14. The smallest absolute Gasteiger partial charge is 0.0135 e. The van der Waals surface area contributed by atoms with Crippen molar-refractivity contribution >= 4 is 0 Å². The Kier molecular flexibility index (Phi) is 0.592. The zero-order chi connectivity index (χ0) is 4.69. The summed E-state index contributed by atoms with van der Waals surface area (Å²) in [6.45, 7) is 0. The molecule has 1 fully saturated rings. The second-order valence-corrected chi connectivity index (χ2v) is 2.44. The van der Waals surface area contributed by atoms with Crippen LogP contribution >= 0.6 is 0 Å². The molecule has 1 atom stereocenters. The lowest BCUT2D eigenvalue weighted by Gasteiger charge is -2.28. The highest BCUT2D eigenvalue weighted by Crippen LogP contribution is 2.43. The van der Waals surface area contributed by atoms with Gasteiger partial charge >= 0.3 is 0 Å². The molecule has 1 unspecified atom stereocenters. The maximum absolute atomic E-state index is 2.35. The summed E-state index contributed by atoms with van der Waals surface area (Å²) in [5.41, 5.74) is 0. The monoisotopic (exact) mass is 93.1 g/mol. The van der Waals surface area contributed by atoms with Crippen LogP contribution in [0.25, 0.3) is 0 Å². The third kappa shape index (κ3) is 0.370. The zero-order valence-electron chi connectivity index (χ0n) is 4.35. The number of hydrogen-bond donors (Lipinski definition) is 0. The van der Waals surface area contributed by atoms with Crippen LogP contribution in [0.15, 0.2) is 12.2 Å². The molecule has 2 aliphatic carbocycles. The topological polar surface area (TPSA) is 0 Å². The highest BCUT2D eigenvalue weighted by atomic mass is 14.3. The van der Waals surface area contributed by atoms with Crippen molar-refractivity contribution in [1.82, 2.24) is 0 Å². The Hall–Kier alpha value is -0.260. The molecular weight excluding hydrogens is 84.1 g/mol. The van der Waals surface area contributed by atoms with E-state index in [0.29, 0.717) is 0 Å². The summed E-state index contributed by atoms with van der Waals surface area (Å²) in [4.78, 5) is 0. The molecule has 0 aromatic heterocycles. The third-order valence-corrected chi connectivity index (χ3v) is 2.05. The molecule has 0 spiro atoms. The summed E-state index contributed by atoms with van der Waals surface area (Å²) in [6.07, 6.45) is 8.79. The minimum atomic E-state index is 0.931. The molecule has 0 heteroatoms. The fourth-order valence-electron chi connectivity index (χ4n) is 1.38. The summed E-state index contributed by atoms with van der Waals surface area (Å²) in [6, 6.07) is 0. The van der Waals surface area contributed by atoms with E-state index in [-0.39, 0.29) is 0 Å². The van der Waals surface area contributed by atoms with E-state index in [4.69, 9.17) is 0 Å². The first-order valence-corrected chi connectivity index (χ1v) is 2.98. The van der Waals surface area contributed by atoms with Crippen LogP contribution in [0.5, 0.6) is 0 Å². The molecule has 0 heterocycles. The molecule has 2 aliphatic rings. The normalized spacial score (nSPS) is 38.0. The molecule has 0 nitrogen and oxygen atoms in total. The average Bonchev–Trinajstić information content (AvgIpc) is 1.85. The average molecular weight is 93.1 g/mol. The Labute approximate surface area is 44.2 Å². The van der Waals surface area contributed by atoms with Crippen molar-refractivity contribution < 1.29 is 0 Å². The van der Waals surface area contributed by atoms with Crippen LogP contribution in [-0.4, -0.2) is 0 Å². The van der Waals surface area contributed by atoms with Gasteiger partial charge in [-0.15, -0.1) is 0 Å². The highest BCUT2D eigenvalue weighted by Gasteiger charge is 2.30. The Bertz CT molecular complexity index is 103. The molecular formula is C7H9. The van der Waals surface area contributed by atoms with Crippen LogP contribution in [0.1, 0.15) is 19.3 Å². The lowest BCUT2D eigenvalue weighted by molar-refractivity contribution is 0.444. The Morgan fingerprint density at radius 3 is 2.86 bits per heavy atom. The van der Waals surface area contributed by atoms with Crippen molar-refractivity contribution in [2.75, 3.05) is 0 Å². The molecule has 1 radical (unpaired) electrons. The van der Waals surface area contributed by atoms with Crippen LogP contribution in [0.4, 0.5) is 0 Å². The summed E-state index contributed by atoms with van der Waals surface area (Å²) in [5.74, 6) is 2.71. The van der Waals surface area contributed by atoms with Gasteiger partial charge in [0.05, 0.1) is 0 Å². The van der Waals surface area contributed by atoms with Gasteiger partial charge in [0.2, 0.25) is 0 Å². The van der Waals surface area contributed by atoms with Crippen LogP contribution in [0.3, 0.4) is 0 Å². The van der Waals surface area contributed by atoms with Gasteiger partial charge in [-0.3, -0.25) is 0 Å². The van der Waals surface area contributed by atoms with Gasteiger partial charge in [-0.25, -0.2) is 0 Å². The van der Waals surface area contributed by atoms with Crippen LogP contribution in [0.2, 0.25) is 0 Å². The molecule has 0 N–H and O–H groups in total. The van der Waals surface area contributed by atoms with E-state index in [1.165, 1.54) is 19.3 Å². The van der Waals surface area contributed by atoms with E-state index in [1.807, 2.05) is 0 Å². The van der Waals surface area contributed by atoms with Gasteiger partial charge in [0.25, 0.3) is 0 Å². The molecule has 0 saturated heterocycles. The van der Waals surface area contributed by atoms with Gasteiger partial charge in [-0.05, 0) is 31.1 Å². The standard InChI is InChI=1S/C7H9/c1-2-6-4-5-7(6)3-1/h1-2,6H,3-5H2. The lowest BCUT2D eigenvalue weighted by Crippen LogP contribution is -2.16. The van der Waals surface area contributed by atoms with Gasteiger partial charge in [0, 0.05) is 0 Å². The summed E-state index contributed by atoms with van der Waals surface area (Å²) in [7, 11) is 0. The molecule has 0 bridgehead atoms. The van der Waals surface area contributed by atoms with E-state index in [9.17, 15) is 0 Å². The van der Waals surface area contributed by atoms with Crippen LogP contribution in [0, 0.1) is 11.8 Å². The lowest BCUT2D eigenvalue weighted by atomic mass is 9.76. The molecule has 0 amide bonds. The van der Waals surface area contributed by atoms with E-state index in [0.717, 1.165) is 5.92 Å². The summed E-state index contributed by atoms with van der Waals surface area (Å²) in [5, 5.41) is 0. The van der Waals surface area contributed by atoms with Crippen LogP contribution < -0.4 is 0 Å². The summed E-state index contributed by atoms with van der Waals surface area (Å²) < 4.78 is 0. The Morgan fingerprint density at radius 1 is 1.57 bits per heavy atom.